The third-order valence-corrected chi connectivity index (χ3v) is 4.02. The molecule has 10 nitrogen and oxygen atoms in total. The fraction of sp³-hybridized carbons (Fsp3) is 0.667. The van der Waals surface area contributed by atoms with Crippen LogP contribution in [0.4, 0.5) is 4.79 Å². The van der Waals surface area contributed by atoms with Crippen molar-refractivity contribution in [3.05, 3.63) is 0 Å². The van der Waals surface area contributed by atoms with Crippen LogP contribution in [0.3, 0.4) is 0 Å². The summed E-state index contributed by atoms with van der Waals surface area (Å²) >= 11 is 0. The highest BCUT2D eigenvalue weighted by Gasteiger charge is 2.23. The molecule has 0 aromatic heterocycles. The number of aliphatic carboxylic acids is 2. The first kappa shape index (κ1) is 18.1. The molecule has 0 heterocycles. The maximum absolute atomic E-state index is 11.4. The van der Waals surface area contributed by atoms with Gasteiger partial charge in [-0.05, 0) is 0 Å². The second-order valence-corrected chi connectivity index (χ2v) is 6.29. The van der Waals surface area contributed by atoms with E-state index in [4.69, 9.17) is 10.2 Å². The van der Waals surface area contributed by atoms with Crippen LogP contribution in [0.2, 0.25) is 0 Å². The fourth-order valence-electron chi connectivity index (χ4n) is 1.06. The van der Waals surface area contributed by atoms with Gasteiger partial charge in [0.2, 0.25) is 10.0 Å². The molecule has 0 rings (SSSR count). The van der Waals surface area contributed by atoms with Gasteiger partial charge in [-0.15, -0.1) is 0 Å². The van der Waals surface area contributed by atoms with Gasteiger partial charge in [-0.2, -0.15) is 0 Å². The summed E-state index contributed by atoms with van der Waals surface area (Å²) < 4.78 is 23.7. The van der Waals surface area contributed by atoms with Crippen molar-refractivity contribution in [1.82, 2.24) is 14.9 Å². The Hall–Kier alpha value is -1.88. The van der Waals surface area contributed by atoms with Gasteiger partial charge in [-0.3, -0.25) is 4.79 Å². The molecule has 0 saturated carbocycles. The number of nitrogens with zero attached hydrogens (tertiary/aromatic N) is 1. The number of hydrogen-bond acceptors (Lipinski definition) is 5. The number of urea groups is 1. The van der Waals surface area contributed by atoms with Crippen LogP contribution in [-0.2, 0) is 19.6 Å². The first-order valence-electron chi connectivity index (χ1n) is 5.45. The van der Waals surface area contributed by atoms with Crippen LogP contribution in [0.5, 0.6) is 0 Å². The summed E-state index contributed by atoms with van der Waals surface area (Å²) in [5, 5.41) is 21.2. The number of carbonyl (C=O) groups is 3. The minimum absolute atomic E-state index is 0.230. The van der Waals surface area contributed by atoms with Gasteiger partial charge in [0.25, 0.3) is 0 Å². The Balaban J connectivity index is 4.28. The Kier molecular flexibility index (Phi) is 6.93. The molecule has 4 N–H and O–H groups in total. The Morgan fingerprint density at radius 2 is 1.75 bits per heavy atom. The van der Waals surface area contributed by atoms with E-state index in [1.807, 2.05) is 5.32 Å². The van der Waals surface area contributed by atoms with E-state index in [9.17, 15) is 22.8 Å². The zero-order valence-electron chi connectivity index (χ0n) is 11.0. The molecule has 20 heavy (non-hydrogen) atoms. The first-order valence-corrected chi connectivity index (χ1v) is 7.06. The summed E-state index contributed by atoms with van der Waals surface area (Å²) in [5.41, 5.74) is 0. The molecule has 1 atom stereocenters. The topological polar surface area (TPSA) is 153 Å². The molecule has 0 aliphatic heterocycles. The predicted molar refractivity (Wildman–Crippen MR) is 67.7 cm³/mol. The van der Waals surface area contributed by atoms with Gasteiger partial charge >= 0.3 is 18.0 Å². The van der Waals surface area contributed by atoms with Crippen LogP contribution in [0, 0.1) is 0 Å². The molecular formula is C9H17N3O7S. The molecule has 0 bridgehead atoms. The van der Waals surface area contributed by atoms with Crippen molar-refractivity contribution >= 4 is 28.0 Å². The van der Waals surface area contributed by atoms with Crippen LogP contribution in [-0.4, -0.2) is 73.3 Å². The van der Waals surface area contributed by atoms with Crippen molar-refractivity contribution in [3.63, 3.8) is 0 Å². The van der Waals surface area contributed by atoms with E-state index in [2.05, 4.69) is 5.32 Å². The van der Waals surface area contributed by atoms with Crippen molar-refractivity contribution in [3.8, 4) is 0 Å². The average Bonchev–Trinajstić information content (AvgIpc) is 2.26. The van der Waals surface area contributed by atoms with Crippen LogP contribution in [0.1, 0.15) is 6.42 Å². The summed E-state index contributed by atoms with van der Waals surface area (Å²) in [4.78, 5) is 32.4. The van der Waals surface area contributed by atoms with Crippen molar-refractivity contribution in [2.45, 2.75) is 12.5 Å². The number of carboxylic acid groups (broad SMARTS) is 2. The van der Waals surface area contributed by atoms with Gasteiger partial charge < -0.3 is 20.8 Å². The van der Waals surface area contributed by atoms with Crippen LogP contribution in [0.25, 0.3) is 0 Å². The zero-order valence-corrected chi connectivity index (χ0v) is 11.8. The molecule has 0 aliphatic carbocycles. The van der Waals surface area contributed by atoms with E-state index in [1.54, 1.807) is 0 Å². The van der Waals surface area contributed by atoms with Gasteiger partial charge in [-0.1, -0.05) is 0 Å². The van der Waals surface area contributed by atoms with Gasteiger partial charge in [0.1, 0.15) is 6.04 Å². The normalized spacial score (nSPS) is 12.8. The van der Waals surface area contributed by atoms with E-state index in [0.717, 1.165) is 4.31 Å². The zero-order chi connectivity index (χ0) is 15.9. The molecular weight excluding hydrogens is 294 g/mol. The van der Waals surface area contributed by atoms with Crippen LogP contribution >= 0.6 is 0 Å². The van der Waals surface area contributed by atoms with E-state index in [-0.39, 0.29) is 12.3 Å². The predicted octanol–water partition coefficient (Wildman–Crippen LogP) is -1.90. The van der Waals surface area contributed by atoms with E-state index in [0.29, 0.717) is 0 Å². The monoisotopic (exact) mass is 311 g/mol. The molecule has 0 fully saturated rings. The molecule has 0 aliphatic rings. The third-order valence-electron chi connectivity index (χ3n) is 2.18. The first-order chi connectivity index (χ1) is 9.06. The van der Waals surface area contributed by atoms with Crippen LogP contribution < -0.4 is 10.6 Å². The Morgan fingerprint density at radius 1 is 1.20 bits per heavy atom. The second kappa shape index (κ2) is 7.65. The van der Waals surface area contributed by atoms with Crippen molar-refractivity contribution < 1.29 is 33.0 Å². The highest BCUT2D eigenvalue weighted by atomic mass is 32.2. The highest BCUT2D eigenvalue weighted by molar-refractivity contribution is 7.89. The minimum atomic E-state index is -3.48. The molecule has 0 aromatic rings. The number of carbonyl (C=O) groups excluding carboxylic acids is 1. The number of amides is 2. The number of carboxylic acids is 2. The van der Waals surface area contributed by atoms with E-state index < -0.39 is 40.5 Å². The van der Waals surface area contributed by atoms with Crippen molar-refractivity contribution in [2.24, 2.45) is 0 Å². The quantitative estimate of drug-likeness (QED) is 0.408. The molecule has 0 radical (unpaired) electrons. The van der Waals surface area contributed by atoms with Gasteiger partial charge in [0, 0.05) is 20.6 Å². The number of hydrogen-bond donors (Lipinski definition) is 4. The van der Waals surface area contributed by atoms with Crippen molar-refractivity contribution in [1.29, 1.82) is 0 Å². The minimum Gasteiger partial charge on any atom is -0.481 e. The highest BCUT2D eigenvalue weighted by Crippen LogP contribution is 1.94. The van der Waals surface area contributed by atoms with Crippen LogP contribution in [0.15, 0.2) is 0 Å². The fourth-order valence-corrected chi connectivity index (χ4v) is 1.79. The Labute approximate surface area is 115 Å². The number of nitrogens with one attached hydrogen (secondary N) is 2. The third kappa shape index (κ3) is 6.89. The Morgan fingerprint density at radius 3 is 2.15 bits per heavy atom. The van der Waals surface area contributed by atoms with E-state index >= 15 is 0 Å². The van der Waals surface area contributed by atoms with Gasteiger partial charge in [-0.25, -0.2) is 22.3 Å². The summed E-state index contributed by atoms with van der Waals surface area (Å²) in [7, 11) is -0.805. The number of rotatable bonds is 8. The Bertz CT molecular complexity index is 474. The number of sulfonamides is 1. The lowest BCUT2D eigenvalue weighted by Gasteiger charge is -2.14. The smallest absolute Gasteiger partial charge is 0.326 e. The molecule has 0 aromatic carbocycles. The summed E-state index contributed by atoms with van der Waals surface area (Å²) in [5.74, 6) is -3.24. The second-order valence-electron chi connectivity index (χ2n) is 3.99. The van der Waals surface area contributed by atoms with Gasteiger partial charge in [0.05, 0.1) is 12.2 Å². The molecule has 2 amide bonds. The van der Waals surface area contributed by atoms with E-state index in [1.165, 1.54) is 14.1 Å². The SMILES string of the molecule is CN(C)S(=O)(=O)CCNC(=O)NC(CC(=O)O)C(=O)O. The van der Waals surface area contributed by atoms with Crippen molar-refractivity contribution in [2.75, 3.05) is 26.4 Å². The lowest BCUT2D eigenvalue weighted by Crippen LogP contribution is -2.48. The standard InChI is InChI=1S/C9H17N3O7S/c1-12(2)20(18,19)4-3-10-9(17)11-6(8(15)16)5-7(13)14/h6H,3-5H2,1-2H3,(H,13,14)(H,15,16)(H2,10,11,17). The molecule has 1 unspecified atom stereocenters. The lowest BCUT2D eigenvalue weighted by molar-refractivity contribution is -0.145. The molecule has 0 spiro atoms. The largest absolute Gasteiger partial charge is 0.481 e. The molecule has 11 heteroatoms. The molecule has 116 valence electrons. The summed E-state index contributed by atoms with van der Waals surface area (Å²) in [6.07, 6.45) is -0.779. The average molecular weight is 311 g/mol. The summed E-state index contributed by atoms with van der Waals surface area (Å²) in [6, 6.07) is -2.54. The lowest BCUT2D eigenvalue weighted by atomic mass is 10.2. The maximum Gasteiger partial charge on any atom is 0.326 e. The maximum atomic E-state index is 11.4. The molecule has 0 saturated heterocycles. The summed E-state index contributed by atoms with van der Waals surface area (Å²) in [6.45, 7) is -0.230. The van der Waals surface area contributed by atoms with Gasteiger partial charge in [0.15, 0.2) is 0 Å².